The van der Waals surface area contributed by atoms with Gasteiger partial charge < -0.3 is 10.1 Å². The number of likely N-dealkylation sites (N-methyl/N-ethyl adjacent to an activating group) is 1. The molecule has 0 amide bonds. The summed E-state index contributed by atoms with van der Waals surface area (Å²) in [5.74, 6) is 0. The second kappa shape index (κ2) is 5.89. The fraction of sp³-hybridized carbons (Fsp3) is 1.00. The van der Waals surface area contributed by atoms with Gasteiger partial charge in [0, 0.05) is 32.3 Å². The zero-order valence-electron chi connectivity index (χ0n) is 12.5. The van der Waals surface area contributed by atoms with Gasteiger partial charge in [0.2, 0.25) is 0 Å². The molecule has 0 aromatic heterocycles. The van der Waals surface area contributed by atoms with Crippen LogP contribution in [0.2, 0.25) is 0 Å². The molecule has 1 heterocycles. The lowest BCUT2D eigenvalue weighted by Crippen LogP contribution is -2.58. The van der Waals surface area contributed by atoms with Gasteiger partial charge in [-0.15, -0.1) is 0 Å². The van der Waals surface area contributed by atoms with Gasteiger partial charge in [0.05, 0.1) is 6.10 Å². The number of ether oxygens (including phenoxy) is 1. The van der Waals surface area contributed by atoms with Crippen molar-refractivity contribution in [3.8, 4) is 0 Å². The summed E-state index contributed by atoms with van der Waals surface area (Å²) in [6.07, 6.45) is 5.72. The smallest absolute Gasteiger partial charge is 0.0710 e. The van der Waals surface area contributed by atoms with E-state index in [-0.39, 0.29) is 0 Å². The Morgan fingerprint density at radius 3 is 2.72 bits per heavy atom. The molecule has 2 rings (SSSR count). The number of likely N-dealkylation sites (tertiary alicyclic amines) is 1. The average Bonchev–Trinajstić information content (AvgIpc) is 2.80. The van der Waals surface area contributed by atoms with E-state index < -0.39 is 0 Å². The minimum absolute atomic E-state index is 0.421. The highest BCUT2D eigenvalue weighted by atomic mass is 16.5. The van der Waals surface area contributed by atoms with Crippen molar-refractivity contribution in [1.82, 2.24) is 10.2 Å². The summed E-state index contributed by atoms with van der Waals surface area (Å²) >= 11 is 0. The van der Waals surface area contributed by atoms with Crippen LogP contribution < -0.4 is 5.32 Å². The van der Waals surface area contributed by atoms with Crippen molar-refractivity contribution >= 4 is 0 Å². The monoisotopic (exact) mass is 254 g/mol. The lowest BCUT2D eigenvalue weighted by Gasteiger charge is -2.48. The van der Waals surface area contributed by atoms with Crippen molar-refractivity contribution in [3.05, 3.63) is 0 Å². The number of rotatable bonds is 4. The van der Waals surface area contributed by atoms with Crippen LogP contribution in [-0.4, -0.2) is 49.8 Å². The molecule has 106 valence electrons. The molecule has 3 heteroatoms. The zero-order chi connectivity index (χ0) is 13.2. The first-order valence-corrected chi connectivity index (χ1v) is 7.58. The highest BCUT2D eigenvalue weighted by Gasteiger charge is 2.42. The van der Waals surface area contributed by atoms with Crippen LogP contribution in [0.5, 0.6) is 0 Å². The third kappa shape index (κ3) is 2.89. The molecule has 3 nitrogen and oxygen atoms in total. The standard InChI is InChI=1S/C15H30N2O/c1-5-16-14-13(7-6-9-15(14,2)3)17-10-8-12(11-17)18-4/h12-14,16H,5-11H2,1-4H3. The first-order chi connectivity index (χ1) is 8.58. The van der Waals surface area contributed by atoms with Crippen LogP contribution >= 0.6 is 0 Å². The van der Waals surface area contributed by atoms with E-state index in [1.807, 2.05) is 7.11 Å². The van der Waals surface area contributed by atoms with Gasteiger partial charge in [-0.1, -0.05) is 27.2 Å². The molecule has 1 saturated heterocycles. The largest absolute Gasteiger partial charge is 0.380 e. The maximum absolute atomic E-state index is 5.52. The average molecular weight is 254 g/mol. The quantitative estimate of drug-likeness (QED) is 0.833. The molecule has 18 heavy (non-hydrogen) atoms. The minimum atomic E-state index is 0.421. The molecule has 1 saturated carbocycles. The fourth-order valence-corrected chi connectivity index (χ4v) is 3.88. The van der Waals surface area contributed by atoms with Crippen molar-refractivity contribution in [2.75, 3.05) is 26.7 Å². The van der Waals surface area contributed by atoms with Crippen LogP contribution in [0.15, 0.2) is 0 Å². The summed E-state index contributed by atoms with van der Waals surface area (Å²) in [6, 6.07) is 1.33. The SMILES string of the molecule is CCNC1C(N2CCC(OC)C2)CCCC1(C)C. The summed E-state index contributed by atoms with van der Waals surface area (Å²) in [6.45, 7) is 10.5. The van der Waals surface area contributed by atoms with Crippen LogP contribution in [0, 0.1) is 5.41 Å². The number of hydrogen-bond donors (Lipinski definition) is 1. The second-order valence-electron chi connectivity index (χ2n) is 6.62. The predicted molar refractivity (Wildman–Crippen MR) is 75.9 cm³/mol. The van der Waals surface area contributed by atoms with E-state index in [0.717, 1.165) is 13.1 Å². The molecule has 3 atom stereocenters. The number of nitrogens with one attached hydrogen (secondary N) is 1. The van der Waals surface area contributed by atoms with Gasteiger partial charge in [-0.25, -0.2) is 0 Å². The van der Waals surface area contributed by atoms with Crippen molar-refractivity contribution in [1.29, 1.82) is 0 Å². The maximum atomic E-state index is 5.52. The minimum Gasteiger partial charge on any atom is -0.380 e. The van der Waals surface area contributed by atoms with E-state index in [0.29, 0.717) is 23.6 Å². The normalized spacial score (nSPS) is 37.0. The molecule has 2 fully saturated rings. The Balaban J connectivity index is 2.05. The molecule has 0 spiro atoms. The molecular formula is C15H30N2O. The van der Waals surface area contributed by atoms with E-state index in [1.165, 1.54) is 32.2 Å². The Bertz CT molecular complexity index is 267. The summed E-state index contributed by atoms with van der Waals surface area (Å²) in [7, 11) is 1.85. The predicted octanol–water partition coefficient (Wildman–Crippen LogP) is 2.26. The lowest BCUT2D eigenvalue weighted by molar-refractivity contribution is 0.0466. The van der Waals surface area contributed by atoms with E-state index in [4.69, 9.17) is 4.74 Å². The van der Waals surface area contributed by atoms with Crippen LogP contribution in [0.4, 0.5) is 0 Å². The number of methoxy groups -OCH3 is 1. The zero-order valence-corrected chi connectivity index (χ0v) is 12.5. The topological polar surface area (TPSA) is 24.5 Å². The maximum Gasteiger partial charge on any atom is 0.0710 e. The van der Waals surface area contributed by atoms with Gasteiger partial charge in [-0.3, -0.25) is 4.90 Å². The van der Waals surface area contributed by atoms with Crippen LogP contribution in [0.1, 0.15) is 46.5 Å². The van der Waals surface area contributed by atoms with Crippen LogP contribution in [-0.2, 0) is 4.74 Å². The molecule has 3 unspecified atom stereocenters. The van der Waals surface area contributed by atoms with E-state index in [9.17, 15) is 0 Å². The van der Waals surface area contributed by atoms with E-state index >= 15 is 0 Å². The Morgan fingerprint density at radius 2 is 2.11 bits per heavy atom. The highest BCUT2D eigenvalue weighted by Crippen LogP contribution is 2.38. The number of nitrogens with zero attached hydrogens (tertiary/aromatic N) is 1. The van der Waals surface area contributed by atoms with Gasteiger partial charge in [0.15, 0.2) is 0 Å². The molecular weight excluding hydrogens is 224 g/mol. The Kier molecular flexibility index (Phi) is 4.68. The van der Waals surface area contributed by atoms with Crippen molar-refractivity contribution in [2.45, 2.75) is 64.6 Å². The molecule has 1 aliphatic heterocycles. The van der Waals surface area contributed by atoms with Crippen LogP contribution in [0.25, 0.3) is 0 Å². The first kappa shape index (κ1) is 14.3. The van der Waals surface area contributed by atoms with Crippen molar-refractivity contribution < 1.29 is 4.74 Å². The Labute approximate surface area is 112 Å². The highest BCUT2D eigenvalue weighted by molar-refractivity contribution is 4.99. The van der Waals surface area contributed by atoms with E-state index in [2.05, 4.69) is 31.0 Å². The van der Waals surface area contributed by atoms with E-state index in [1.54, 1.807) is 0 Å². The fourth-order valence-electron chi connectivity index (χ4n) is 3.88. The molecule has 2 aliphatic rings. The third-order valence-electron chi connectivity index (χ3n) is 4.95. The molecule has 0 aromatic rings. The summed E-state index contributed by atoms with van der Waals surface area (Å²) in [5.41, 5.74) is 0.421. The molecule has 1 aliphatic carbocycles. The molecule has 0 bridgehead atoms. The molecule has 0 radical (unpaired) electrons. The van der Waals surface area contributed by atoms with Crippen molar-refractivity contribution in [3.63, 3.8) is 0 Å². The Hall–Kier alpha value is -0.120. The van der Waals surface area contributed by atoms with Gasteiger partial charge in [0.25, 0.3) is 0 Å². The Morgan fingerprint density at radius 1 is 1.33 bits per heavy atom. The summed E-state index contributed by atoms with van der Waals surface area (Å²) in [4.78, 5) is 2.67. The third-order valence-corrected chi connectivity index (χ3v) is 4.95. The van der Waals surface area contributed by atoms with Gasteiger partial charge in [-0.05, 0) is 31.2 Å². The van der Waals surface area contributed by atoms with Crippen LogP contribution in [0.3, 0.4) is 0 Å². The van der Waals surface area contributed by atoms with Crippen molar-refractivity contribution in [2.24, 2.45) is 5.41 Å². The van der Waals surface area contributed by atoms with Gasteiger partial charge in [0.1, 0.15) is 0 Å². The summed E-state index contributed by atoms with van der Waals surface area (Å²) in [5, 5.41) is 3.75. The molecule has 0 aromatic carbocycles. The summed E-state index contributed by atoms with van der Waals surface area (Å²) < 4.78 is 5.52. The second-order valence-corrected chi connectivity index (χ2v) is 6.62. The first-order valence-electron chi connectivity index (χ1n) is 7.58. The van der Waals surface area contributed by atoms with Gasteiger partial charge in [-0.2, -0.15) is 0 Å². The lowest BCUT2D eigenvalue weighted by atomic mass is 9.70. The van der Waals surface area contributed by atoms with Gasteiger partial charge >= 0.3 is 0 Å². The number of hydrogen-bond acceptors (Lipinski definition) is 3. The molecule has 1 N–H and O–H groups in total.